The third kappa shape index (κ3) is 2.71. The molecule has 1 saturated carbocycles. The molecule has 1 aliphatic heterocycles. The Morgan fingerprint density at radius 1 is 0.962 bits per heavy atom. The van der Waals surface area contributed by atoms with Gasteiger partial charge in [-0.2, -0.15) is 0 Å². The molecule has 1 aliphatic carbocycles. The van der Waals surface area contributed by atoms with Crippen LogP contribution in [0.1, 0.15) is 93.2 Å². The van der Waals surface area contributed by atoms with Crippen molar-refractivity contribution >= 4 is 5.69 Å². The number of hydrogen-bond acceptors (Lipinski definition) is 2. The number of fused-ring (bicyclic) bond motifs is 2. The van der Waals surface area contributed by atoms with Crippen molar-refractivity contribution in [3.8, 4) is 0 Å². The average Bonchev–Trinajstić information content (AvgIpc) is 2.39. The van der Waals surface area contributed by atoms with Gasteiger partial charge in [-0.25, -0.2) is 5.84 Å². The van der Waals surface area contributed by atoms with Crippen LogP contribution in [0.3, 0.4) is 0 Å². The maximum atomic E-state index is 6.89. The van der Waals surface area contributed by atoms with Gasteiger partial charge in [-0.05, 0) is 64.5 Å². The lowest BCUT2D eigenvalue weighted by molar-refractivity contribution is -0.0590. The summed E-state index contributed by atoms with van der Waals surface area (Å²) >= 11 is 0. The first kappa shape index (κ1) is 19.7. The van der Waals surface area contributed by atoms with Crippen molar-refractivity contribution in [1.82, 2.24) is 0 Å². The highest BCUT2D eigenvalue weighted by atomic mass is 15.5. The number of benzene rings is 1. The summed E-state index contributed by atoms with van der Waals surface area (Å²) in [5, 5.41) is 2.13. The minimum absolute atomic E-state index is 0.0367. The molecule has 2 atom stereocenters. The largest absolute Gasteiger partial charge is 0.305 e. The minimum Gasteiger partial charge on any atom is -0.305 e. The molecule has 0 amide bonds. The molecule has 1 aromatic rings. The zero-order valence-electron chi connectivity index (χ0n) is 18.7. The first-order valence-electron chi connectivity index (χ1n) is 10.2. The molecule has 0 aromatic heterocycles. The van der Waals surface area contributed by atoms with Crippen LogP contribution in [0.2, 0.25) is 0 Å². The van der Waals surface area contributed by atoms with Crippen LogP contribution in [0.15, 0.2) is 18.2 Å². The standard InChI is InChI=1S/C24H40N2/c1-20(2,3)16-11-12-18-17(13-16)23(8,9)19-22(6,7)14-21(4,5)15-24(19,10)26(18)25/h11-13,19H,14-15,25H2,1-10H3. The van der Waals surface area contributed by atoms with Crippen molar-refractivity contribution in [3.05, 3.63) is 29.3 Å². The molecule has 1 aromatic carbocycles. The zero-order chi connectivity index (χ0) is 19.9. The van der Waals surface area contributed by atoms with E-state index in [9.17, 15) is 0 Å². The second-order valence-electron chi connectivity index (χ2n) is 12.4. The monoisotopic (exact) mass is 356 g/mol. The molecule has 1 heterocycles. The van der Waals surface area contributed by atoms with Gasteiger partial charge in [-0.15, -0.1) is 0 Å². The lowest BCUT2D eigenvalue weighted by Gasteiger charge is -2.66. The summed E-state index contributed by atoms with van der Waals surface area (Å²) in [7, 11) is 0. The molecule has 2 unspecified atom stereocenters. The predicted octanol–water partition coefficient (Wildman–Crippen LogP) is 6.18. The van der Waals surface area contributed by atoms with Gasteiger partial charge in [0.05, 0.1) is 11.2 Å². The molecule has 0 spiro atoms. The van der Waals surface area contributed by atoms with Gasteiger partial charge >= 0.3 is 0 Å². The summed E-state index contributed by atoms with van der Waals surface area (Å²) in [5.74, 6) is 7.39. The van der Waals surface area contributed by atoms with Gasteiger partial charge < -0.3 is 5.01 Å². The van der Waals surface area contributed by atoms with Crippen molar-refractivity contribution in [3.63, 3.8) is 0 Å². The molecule has 146 valence electrons. The quantitative estimate of drug-likeness (QED) is 0.563. The number of rotatable bonds is 0. The number of anilines is 1. The van der Waals surface area contributed by atoms with E-state index in [1.54, 1.807) is 0 Å². The summed E-state index contributed by atoms with van der Waals surface area (Å²) in [6, 6.07) is 6.98. The van der Waals surface area contributed by atoms with Gasteiger partial charge in [-0.3, -0.25) is 0 Å². The van der Waals surface area contributed by atoms with E-state index in [4.69, 9.17) is 5.84 Å². The summed E-state index contributed by atoms with van der Waals surface area (Å²) in [6.07, 6.45) is 2.38. The predicted molar refractivity (Wildman–Crippen MR) is 114 cm³/mol. The van der Waals surface area contributed by atoms with Gasteiger partial charge in [0.15, 0.2) is 0 Å². The van der Waals surface area contributed by atoms with Crippen LogP contribution in [0.5, 0.6) is 0 Å². The smallest absolute Gasteiger partial charge is 0.0579 e. The van der Waals surface area contributed by atoms with E-state index in [-0.39, 0.29) is 21.8 Å². The van der Waals surface area contributed by atoms with Crippen LogP contribution in [0.25, 0.3) is 0 Å². The van der Waals surface area contributed by atoms with Crippen molar-refractivity contribution < 1.29 is 0 Å². The molecule has 2 heteroatoms. The van der Waals surface area contributed by atoms with E-state index in [0.29, 0.717) is 11.3 Å². The normalized spacial score (nSPS) is 32.0. The molecule has 0 bridgehead atoms. The Bertz CT molecular complexity index is 720. The van der Waals surface area contributed by atoms with E-state index in [2.05, 4.69) is 92.4 Å². The third-order valence-corrected chi connectivity index (χ3v) is 7.26. The Labute approximate surface area is 161 Å². The molecular formula is C24H40N2. The second-order valence-corrected chi connectivity index (χ2v) is 12.4. The summed E-state index contributed by atoms with van der Waals surface area (Å²) < 4.78 is 0. The highest BCUT2D eigenvalue weighted by Gasteiger charge is 2.62. The van der Waals surface area contributed by atoms with Crippen LogP contribution in [-0.4, -0.2) is 5.54 Å². The van der Waals surface area contributed by atoms with Gasteiger partial charge in [0.1, 0.15) is 0 Å². The number of hydrazine groups is 1. The summed E-state index contributed by atoms with van der Waals surface area (Å²) in [6.45, 7) is 23.9. The van der Waals surface area contributed by atoms with E-state index >= 15 is 0 Å². The van der Waals surface area contributed by atoms with E-state index in [0.717, 1.165) is 6.42 Å². The minimum atomic E-state index is -0.0367. The van der Waals surface area contributed by atoms with Gasteiger partial charge in [0, 0.05) is 0 Å². The second kappa shape index (κ2) is 5.28. The number of nitrogens with two attached hydrogens (primary N) is 1. The Morgan fingerprint density at radius 2 is 1.54 bits per heavy atom. The Balaban J connectivity index is 2.27. The molecule has 2 N–H and O–H groups in total. The first-order valence-corrected chi connectivity index (χ1v) is 10.2. The van der Waals surface area contributed by atoms with Crippen molar-refractivity contribution in [2.75, 3.05) is 5.01 Å². The van der Waals surface area contributed by atoms with E-state index < -0.39 is 0 Å². The summed E-state index contributed by atoms with van der Waals surface area (Å²) in [5.41, 5.74) is 4.76. The molecular weight excluding hydrogens is 316 g/mol. The van der Waals surface area contributed by atoms with Crippen molar-refractivity contribution in [2.24, 2.45) is 22.6 Å². The third-order valence-electron chi connectivity index (χ3n) is 7.26. The average molecular weight is 357 g/mol. The SMILES string of the molecule is CC1(C)CC(C)(C)C2C(C)(C)c3cc(C(C)(C)C)ccc3N(N)C2(C)C1. The molecule has 26 heavy (non-hydrogen) atoms. The Morgan fingerprint density at radius 3 is 2.08 bits per heavy atom. The number of hydrogen-bond donors (Lipinski definition) is 1. The van der Waals surface area contributed by atoms with Crippen LogP contribution in [0.4, 0.5) is 5.69 Å². The number of nitrogens with zero attached hydrogens (tertiary/aromatic N) is 1. The highest BCUT2D eigenvalue weighted by molar-refractivity contribution is 5.63. The lowest BCUT2D eigenvalue weighted by atomic mass is 9.44. The molecule has 2 nitrogen and oxygen atoms in total. The lowest BCUT2D eigenvalue weighted by Crippen LogP contribution is -2.70. The molecule has 1 fully saturated rings. The molecule has 3 rings (SSSR count). The highest BCUT2D eigenvalue weighted by Crippen LogP contribution is 2.64. The van der Waals surface area contributed by atoms with Gasteiger partial charge in [0.2, 0.25) is 0 Å². The van der Waals surface area contributed by atoms with Gasteiger partial charge in [0.25, 0.3) is 0 Å². The Kier molecular flexibility index (Phi) is 4.01. The topological polar surface area (TPSA) is 29.3 Å². The van der Waals surface area contributed by atoms with Crippen LogP contribution < -0.4 is 10.9 Å². The fourth-order valence-electron chi connectivity index (χ4n) is 7.45. The zero-order valence-corrected chi connectivity index (χ0v) is 18.7. The maximum absolute atomic E-state index is 6.89. The fourth-order valence-corrected chi connectivity index (χ4v) is 7.45. The van der Waals surface area contributed by atoms with E-state index in [1.807, 2.05) is 0 Å². The van der Waals surface area contributed by atoms with Crippen LogP contribution in [-0.2, 0) is 10.8 Å². The molecule has 0 radical (unpaired) electrons. The van der Waals surface area contributed by atoms with E-state index in [1.165, 1.54) is 23.2 Å². The first-order chi connectivity index (χ1) is 11.5. The maximum Gasteiger partial charge on any atom is 0.0579 e. The van der Waals surface area contributed by atoms with Crippen molar-refractivity contribution in [2.45, 2.75) is 98.4 Å². The Hall–Kier alpha value is -1.02. The fraction of sp³-hybridized carbons (Fsp3) is 0.750. The summed E-state index contributed by atoms with van der Waals surface area (Å²) in [4.78, 5) is 0. The molecule has 2 aliphatic rings. The van der Waals surface area contributed by atoms with Gasteiger partial charge in [-0.1, -0.05) is 74.4 Å². The van der Waals surface area contributed by atoms with Crippen molar-refractivity contribution in [1.29, 1.82) is 0 Å². The molecule has 0 saturated heterocycles. The van der Waals surface area contributed by atoms with Crippen LogP contribution in [0, 0.1) is 16.7 Å². The van der Waals surface area contributed by atoms with Crippen LogP contribution >= 0.6 is 0 Å².